The van der Waals surface area contributed by atoms with Crippen molar-refractivity contribution in [1.29, 1.82) is 0 Å². The molecule has 0 fully saturated rings. The molecule has 1 aromatic heterocycles. The van der Waals surface area contributed by atoms with E-state index < -0.39 is 0 Å². The number of aromatic nitrogens is 1. The summed E-state index contributed by atoms with van der Waals surface area (Å²) in [5, 5.41) is 3.07. The van der Waals surface area contributed by atoms with Crippen LogP contribution in [0.3, 0.4) is 0 Å². The number of rotatable bonds is 6. The molecule has 6 heteroatoms. The van der Waals surface area contributed by atoms with Gasteiger partial charge < -0.3 is 15.8 Å². The van der Waals surface area contributed by atoms with Gasteiger partial charge in [-0.3, -0.25) is 9.78 Å². The number of nitrogens with one attached hydrogen (secondary N) is 1. The monoisotopic (exact) mass is 305 g/mol. The first-order valence-corrected chi connectivity index (χ1v) is 6.85. The van der Waals surface area contributed by atoms with Crippen molar-refractivity contribution < 1.29 is 9.53 Å². The Morgan fingerprint density at radius 2 is 2.19 bits per heavy atom. The third kappa shape index (κ3) is 5.06. The number of ether oxygens (including phenoxy) is 1. The molecule has 0 saturated heterocycles. The summed E-state index contributed by atoms with van der Waals surface area (Å²) in [6.45, 7) is 0.396. The van der Waals surface area contributed by atoms with Crippen molar-refractivity contribution in [3.8, 4) is 0 Å². The molecule has 0 saturated carbocycles. The largest absolute Gasteiger partial charge is 0.399 e. The van der Waals surface area contributed by atoms with Gasteiger partial charge in [0.2, 0.25) is 5.91 Å². The SMILES string of the molecule is Nc1ccc(NC(=O)COCCc2ccccn2)c(Cl)c1. The van der Waals surface area contributed by atoms with Gasteiger partial charge in [-0.15, -0.1) is 0 Å². The van der Waals surface area contributed by atoms with E-state index in [-0.39, 0.29) is 12.5 Å². The highest BCUT2D eigenvalue weighted by Gasteiger charge is 2.06. The van der Waals surface area contributed by atoms with Crippen molar-refractivity contribution in [1.82, 2.24) is 4.98 Å². The van der Waals surface area contributed by atoms with Crippen LogP contribution in [-0.4, -0.2) is 24.1 Å². The van der Waals surface area contributed by atoms with Crippen LogP contribution in [0, 0.1) is 0 Å². The molecule has 5 nitrogen and oxygen atoms in total. The van der Waals surface area contributed by atoms with Crippen LogP contribution in [-0.2, 0) is 16.0 Å². The zero-order chi connectivity index (χ0) is 15.1. The number of hydrogen-bond donors (Lipinski definition) is 2. The molecule has 0 aliphatic carbocycles. The fraction of sp³-hybridized carbons (Fsp3) is 0.200. The Kier molecular flexibility index (Phi) is 5.54. The highest BCUT2D eigenvalue weighted by molar-refractivity contribution is 6.34. The molecule has 0 radical (unpaired) electrons. The standard InChI is InChI=1S/C15H16ClN3O2/c16-13-9-11(17)4-5-14(13)19-15(20)10-21-8-6-12-3-1-2-7-18-12/h1-5,7,9H,6,8,10,17H2,(H,19,20). The molecule has 1 heterocycles. The number of pyridine rings is 1. The number of carbonyl (C=O) groups excluding carboxylic acids is 1. The smallest absolute Gasteiger partial charge is 0.250 e. The van der Waals surface area contributed by atoms with Crippen molar-refractivity contribution in [3.63, 3.8) is 0 Å². The van der Waals surface area contributed by atoms with Gasteiger partial charge in [-0.25, -0.2) is 0 Å². The molecule has 1 aromatic carbocycles. The first kappa shape index (κ1) is 15.3. The lowest BCUT2D eigenvalue weighted by atomic mass is 10.3. The van der Waals surface area contributed by atoms with E-state index in [1.807, 2.05) is 18.2 Å². The first-order valence-electron chi connectivity index (χ1n) is 6.47. The molecule has 21 heavy (non-hydrogen) atoms. The van der Waals surface area contributed by atoms with Gasteiger partial charge in [0.05, 0.1) is 17.3 Å². The summed E-state index contributed by atoms with van der Waals surface area (Å²) in [6.07, 6.45) is 2.39. The van der Waals surface area contributed by atoms with Gasteiger partial charge in [0.1, 0.15) is 6.61 Å². The van der Waals surface area contributed by atoms with Crippen molar-refractivity contribution in [2.24, 2.45) is 0 Å². The van der Waals surface area contributed by atoms with Crippen LogP contribution in [0.25, 0.3) is 0 Å². The van der Waals surface area contributed by atoms with Crippen LogP contribution in [0.4, 0.5) is 11.4 Å². The molecule has 3 N–H and O–H groups in total. The number of nitrogen functional groups attached to an aromatic ring is 1. The molecular formula is C15H16ClN3O2. The number of amides is 1. The van der Waals surface area contributed by atoms with E-state index in [4.69, 9.17) is 22.1 Å². The van der Waals surface area contributed by atoms with Crippen LogP contribution in [0.15, 0.2) is 42.6 Å². The van der Waals surface area contributed by atoms with E-state index >= 15 is 0 Å². The molecular weight excluding hydrogens is 290 g/mol. The van der Waals surface area contributed by atoms with E-state index in [0.717, 1.165) is 5.69 Å². The average molecular weight is 306 g/mol. The van der Waals surface area contributed by atoms with Crippen LogP contribution < -0.4 is 11.1 Å². The normalized spacial score (nSPS) is 10.3. The molecule has 110 valence electrons. The summed E-state index contributed by atoms with van der Waals surface area (Å²) >= 11 is 5.97. The molecule has 0 spiro atoms. The zero-order valence-electron chi connectivity index (χ0n) is 11.4. The minimum absolute atomic E-state index is 0.0342. The topological polar surface area (TPSA) is 77.2 Å². The molecule has 0 aliphatic rings. The summed E-state index contributed by atoms with van der Waals surface area (Å²) in [7, 11) is 0. The van der Waals surface area contributed by atoms with E-state index in [2.05, 4.69) is 10.3 Å². The number of halogens is 1. The van der Waals surface area contributed by atoms with Crippen LogP contribution in [0.5, 0.6) is 0 Å². The minimum Gasteiger partial charge on any atom is -0.399 e. The third-order valence-electron chi connectivity index (χ3n) is 2.73. The number of benzene rings is 1. The van der Waals surface area contributed by atoms with Gasteiger partial charge >= 0.3 is 0 Å². The van der Waals surface area contributed by atoms with Gasteiger partial charge in [-0.1, -0.05) is 17.7 Å². The Bertz CT molecular complexity index is 605. The first-order chi connectivity index (χ1) is 10.1. The van der Waals surface area contributed by atoms with E-state index in [1.54, 1.807) is 24.4 Å². The lowest BCUT2D eigenvalue weighted by Gasteiger charge is -2.08. The Morgan fingerprint density at radius 3 is 2.90 bits per heavy atom. The molecule has 1 amide bonds. The number of hydrogen-bond acceptors (Lipinski definition) is 4. The second kappa shape index (κ2) is 7.61. The second-order valence-electron chi connectivity index (χ2n) is 4.41. The lowest BCUT2D eigenvalue weighted by molar-refractivity contribution is -0.120. The molecule has 0 bridgehead atoms. The van der Waals surface area contributed by atoms with Gasteiger partial charge in [-0.05, 0) is 30.3 Å². The second-order valence-corrected chi connectivity index (χ2v) is 4.82. The maximum absolute atomic E-state index is 11.7. The summed E-state index contributed by atoms with van der Waals surface area (Å²) in [5.41, 5.74) is 7.58. The summed E-state index contributed by atoms with van der Waals surface area (Å²) in [5.74, 6) is -0.261. The quantitative estimate of drug-likeness (QED) is 0.635. The van der Waals surface area contributed by atoms with Gasteiger partial charge in [0.15, 0.2) is 0 Å². The maximum atomic E-state index is 11.7. The predicted molar refractivity (Wildman–Crippen MR) is 83.3 cm³/mol. The molecule has 0 unspecified atom stereocenters. The van der Waals surface area contributed by atoms with Crippen molar-refractivity contribution in [2.75, 3.05) is 24.3 Å². The number of carbonyl (C=O) groups is 1. The highest BCUT2D eigenvalue weighted by atomic mass is 35.5. The maximum Gasteiger partial charge on any atom is 0.250 e. The highest BCUT2D eigenvalue weighted by Crippen LogP contribution is 2.23. The molecule has 0 aliphatic heterocycles. The van der Waals surface area contributed by atoms with E-state index in [9.17, 15) is 4.79 Å². The lowest BCUT2D eigenvalue weighted by Crippen LogP contribution is -2.19. The van der Waals surface area contributed by atoms with E-state index in [0.29, 0.717) is 29.4 Å². The summed E-state index contributed by atoms with van der Waals surface area (Å²) < 4.78 is 5.32. The van der Waals surface area contributed by atoms with E-state index in [1.165, 1.54) is 0 Å². The molecule has 2 rings (SSSR count). The Hall–Kier alpha value is -2.11. The Morgan fingerprint density at radius 1 is 1.33 bits per heavy atom. The zero-order valence-corrected chi connectivity index (χ0v) is 12.1. The van der Waals surface area contributed by atoms with Crippen LogP contribution in [0.1, 0.15) is 5.69 Å². The van der Waals surface area contributed by atoms with Crippen molar-refractivity contribution in [3.05, 3.63) is 53.3 Å². The van der Waals surface area contributed by atoms with Gasteiger partial charge in [-0.2, -0.15) is 0 Å². The minimum atomic E-state index is -0.261. The fourth-order valence-electron chi connectivity index (χ4n) is 1.71. The van der Waals surface area contributed by atoms with Gasteiger partial charge in [0.25, 0.3) is 0 Å². The number of anilines is 2. The fourth-order valence-corrected chi connectivity index (χ4v) is 1.94. The van der Waals surface area contributed by atoms with Crippen LogP contribution in [0.2, 0.25) is 5.02 Å². The summed E-state index contributed by atoms with van der Waals surface area (Å²) in [6, 6.07) is 10.6. The number of nitrogens with zero attached hydrogens (tertiary/aromatic N) is 1. The molecule has 0 atom stereocenters. The average Bonchev–Trinajstić information content (AvgIpc) is 2.48. The third-order valence-corrected chi connectivity index (χ3v) is 3.04. The Labute approximate surface area is 128 Å². The van der Waals surface area contributed by atoms with Gasteiger partial charge in [0, 0.05) is 24.0 Å². The number of nitrogens with two attached hydrogens (primary N) is 1. The van der Waals surface area contributed by atoms with Crippen molar-refractivity contribution in [2.45, 2.75) is 6.42 Å². The summed E-state index contributed by atoms with van der Waals surface area (Å²) in [4.78, 5) is 15.9. The van der Waals surface area contributed by atoms with Crippen molar-refractivity contribution >= 4 is 28.9 Å². The Balaban J connectivity index is 1.72. The van der Waals surface area contributed by atoms with Crippen LogP contribution >= 0.6 is 11.6 Å². The predicted octanol–water partition coefficient (Wildman–Crippen LogP) is 2.52. The molecule has 2 aromatic rings.